The molecule has 2 aromatic heterocycles. The summed E-state index contributed by atoms with van der Waals surface area (Å²) in [6.07, 6.45) is 2.70. The summed E-state index contributed by atoms with van der Waals surface area (Å²) in [4.78, 5) is 36.5. The van der Waals surface area contributed by atoms with Crippen molar-refractivity contribution < 1.29 is 22.7 Å². The number of anilines is 1. The number of hydrogen-bond donors (Lipinski definition) is 4. The van der Waals surface area contributed by atoms with E-state index in [1.807, 2.05) is 0 Å². The molecule has 4 N–H and O–H groups in total. The van der Waals surface area contributed by atoms with Gasteiger partial charge >= 0.3 is 6.09 Å². The average molecular weight is 515 g/mol. The molecule has 2 amide bonds. The van der Waals surface area contributed by atoms with E-state index in [0.29, 0.717) is 30.4 Å². The van der Waals surface area contributed by atoms with Gasteiger partial charge in [-0.25, -0.2) is 23.2 Å². The molecule has 192 valence electrons. The number of fused-ring (bicyclic) bond motifs is 1. The van der Waals surface area contributed by atoms with Crippen LogP contribution in [0.1, 0.15) is 45.6 Å². The zero-order valence-corrected chi connectivity index (χ0v) is 21.4. The van der Waals surface area contributed by atoms with Crippen molar-refractivity contribution in [1.82, 2.24) is 25.7 Å². The van der Waals surface area contributed by atoms with Crippen molar-refractivity contribution >= 4 is 38.8 Å². The van der Waals surface area contributed by atoms with Crippen molar-refractivity contribution in [1.29, 1.82) is 0 Å². The summed E-state index contributed by atoms with van der Waals surface area (Å²) in [5.74, 6) is -0.796. The molecule has 2 heterocycles. The molecule has 1 fully saturated rings. The smallest absolute Gasteiger partial charge is 0.407 e. The molecule has 0 spiro atoms. The molecule has 2 atom stereocenters. The number of aryl methyl sites for hydroxylation is 1. The number of aromatic amines is 1. The van der Waals surface area contributed by atoms with E-state index in [2.05, 4.69) is 31.1 Å². The molecule has 1 aliphatic carbocycles. The van der Waals surface area contributed by atoms with Crippen LogP contribution in [-0.4, -0.2) is 47.0 Å². The lowest BCUT2D eigenvalue weighted by atomic mass is 10.1. The average Bonchev–Trinajstić information content (AvgIpc) is 3.44. The van der Waals surface area contributed by atoms with Crippen LogP contribution < -0.4 is 16.2 Å². The lowest BCUT2D eigenvalue weighted by Gasteiger charge is -2.21. The minimum Gasteiger partial charge on any atom is -0.444 e. The molecule has 0 bridgehead atoms. The molecule has 0 unspecified atom stereocenters. The van der Waals surface area contributed by atoms with Crippen molar-refractivity contribution in [2.45, 2.75) is 68.5 Å². The fourth-order valence-electron chi connectivity index (χ4n) is 4.07. The van der Waals surface area contributed by atoms with Gasteiger partial charge in [-0.3, -0.25) is 15.6 Å². The van der Waals surface area contributed by atoms with Gasteiger partial charge in [0.25, 0.3) is 0 Å². The van der Waals surface area contributed by atoms with Gasteiger partial charge in [0.2, 0.25) is 20.8 Å². The Morgan fingerprint density at radius 3 is 2.64 bits per heavy atom. The standard InChI is InChI=1S/C24H30N6O5S/c1-14-6-5-7-17(12-14)36(33,34)22-20(27-18-10-11-25-19(18)28-22)29-30-21(31)15-8-9-16(13-15)26-23(32)35-24(2,3)4/h5-7,10-12,15-16H,8-9,13H2,1-4H3,(H,25,28)(H,26,32)(H,27,29)(H,30,31)/t15-,16-/m1/s1. The molecule has 1 aromatic carbocycles. The fraction of sp³-hybridized carbons (Fsp3) is 0.417. The van der Waals surface area contributed by atoms with Crippen LogP contribution >= 0.6 is 0 Å². The van der Waals surface area contributed by atoms with E-state index in [-0.39, 0.29) is 33.6 Å². The van der Waals surface area contributed by atoms with E-state index in [4.69, 9.17) is 4.74 Å². The molecule has 36 heavy (non-hydrogen) atoms. The first-order valence-electron chi connectivity index (χ1n) is 11.6. The lowest BCUT2D eigenvalue weighted by molar-refractivity contribution is -0.124. The van der Waals surface area contributed by atoms with Gasteiger partial charge in [-0.2, -0.15) is 0 Å². The van der Waals surface area contributed by atoms with Crippen LogP contribution in [0.4, 0.5) is 10.6 Å². The number of hydrogen-bond acceptors (Lipinski definition) is 8. The maximum absolute atomic E-state index is 13.4. The highest BCUT2D eigenvalue weighted by Crippen LogP contribution is 2.28. The van der Waals surface area contributed by atoms with E-state index in [1.165, 1.54) is 6.07 Å². The number of carbonyl (C=O) groups excluding carboxylic acids is 2. The van der Waals surface area contributed by atoms with Crippen molar-refractivity contribution in [3.05, 3.63) is 42.1 Å². The van der Waals surface area contributed by atoms with E-state index >= 15 is 0 Å². The third-order valence-corrected chi connectivity index (χ3v) is 7.40. The molecule has 0 aliphatic heterocycles. The topological polar surface area (TPSA) is 155 Å². The second-order valence-corrected chi connectivity index (χ2v) is 11.7. The molecule has 12 heteroatoms. The normalized spacial score (nSPS) is 18.1. The quantitative estimate of drug-likeness (QED) is 0.365. The van der Waals surface area contributed by atoms with Crippen molar-refractivity contribution in [3.63, 3.8) is 0 Å². The number of alkyl carbamates (subject to hydrolysis) is 1. The molecule has 1 aliphatic rings. The number of nitrogens with one attached hydrogen (secondary N) is 4. The summed E-state index contributed by atoms with van der Waals surface area (Å²) in [6, 6.07) is 7.95. The number of rotatable bonds is 6. The highest BCUT2D eigenvalue weighted by molar-refractivity contribution is 7.91. The van der Waals surface area contributed by atoms with E-state index in [9.17, 15) is 18.0 Å². The Morgan fingerprint density at radius 2 is 1.92 bits per heavy atom. The van der Waals surface area contributed by atoms with Gasteiger partial charge in [0.05, 0.1) is 4.90 Å². The van der Waals surface area contributed by atoms with Crippen LogP contribution in [0.15, 0.2) is 46.5 Å². The summed E-state index contributed by atoms with van der Waals surface area (Å²) in [7, 11) is -4.03. The molecule has 0 saturated heterocycles. The van der Waals surface area contributed by atoms with Crippen LogP contribution in [0.5, 0.6) is 0 Å². The van der Waals surface area contributed by atoms with Crippen LogP contribution in [-0.2, 0) is 19.4 Å². The Bertz CT molecular complexity index is 1400. The number of benzene rings is 1. The van der Waals surface area contributed by atoms with Crippen LogP contribution in [0, 0.1) is 12.8 Å². The second-order valence-electron chi connectivity index (χ2n) is 9.88. The van der Waals surface area contributed by atoms with Crippen molar-refractivity contribution in [2.24, 2.45) is 5.92 Å². The van der Waals surface area contributed by atoms with Crippen molar-refractivity contribution in [3.8, 4) is 0 Å². The monoisotopic (exact) mass is 514 g/mol. The van der Waals surface area contributed by atoms with Gasteiger partial charge in [0.1, 0.15) is 11.1 Å². The molecule has 11 nitrogen and oxygen atoms in total. The first kappa shape index (κ1) is 25.4. The largest absolute Gasteiger partial charge is 0.444 e. The van der Waals surface area contributed by atoms with Crippen LogP contribution in [0.3, 0.4) is 0 Å². The minimum absolute atomic E-state index is 0.0731. The van der Waals surface area contributed by atoms with E-state index in [1.54, 1.807) is 58.2 Å². The number of hydrazine groups is 1. The highest BCUT2D eigenvalue weighted by Gasteiger charge is 2.32. The third kappa shape index (κ3) is 5.76. The number of aromatic nitrogens is 3. The second kappa shape index (κ2) is 9.76. The van der Waals surface area contributed by atoms with E-state index < -0.39 is 21.5 Å². The van der Waals surface area contributed by atoms with Crippen molar-refractivity contribution in [2.75, 3.05) is 5.43 Å². The molecule has 3 aromatic rings. The predicted octanol–water partition coefficient (Wildman–Crippen LogP) is 3.24. The predicted molar refractivity (Wildman–Crippen MR) is 133 cm³/mol. The number of amides is 2. The van der Waals surface area contributed by atoms with Crippen LogP contribution in [0.2, 0.25) is 0 Å². The number of H-pyrrole nitrogens is 1. The Kier molecular flexibility index (Phi) is 6.90. The maximum Gasteiger partial charge on any atom is 0.407 e. The highest BCUT2D eigenvalue weighted by atomic mass is 32.2. The molecule has 1 saturated carbocycles. The summed E-state index contributed by atoms with van der Waals surface area (Å²) in [5.41, 5.74) is 6.17. The van der Waals surface area contributed by atoms with Gasteiger partial charge < -0.3 is 15.0 Å². The van der Waals surface area contributed by atoms with Gasteiger partial charge in [-0.1, -0.05) is 12.1 Å². The summed E-state index contributed by atoms with van der Waals surface area (Å²) < 4.78 is 32.1. The zero-order valence-electron chi connectivity index (χ0n) is 20.6. The number of nitrogens with zero attached hydrogens (tertiary/aromatic N) is 2. The third-order valence-electron chi connectivity index (χ3n) is 5.73. The first-order valence-corrected chi connectivity index (χ1v) is 13.1. The van der Waals surface area contributed by atoms with Gasteiger partial charge in [0.15, 0.2) is 11.5 Å². The Morgan fingerprint density at radius 1 is 1.14 bits per heavy atom. The summed E-state index contributed by atoms with van der Waals surface area (Å²) >= 11 is 0. The summed E-state index contributed by atoms with van der Waals surface area (Å²) in [5, 5.41) is 2.49. The van der Waals surface area contributed by atoms with E-state index in [0.717, 1.165) is 5.56 Å². The number of sulfone groups is 1. The SMILES string of the molecule is Cc1cccc(S(=O)(=O)c2nc3[nH]ccc3nc2NNC(=O)[C@@H]2CC[C@@H](NC(=O)OC(C)(C)C)C2)c1. The molecular formula is C24H30N6O5S. The Labute approximate surface area is 209 Å². The Balaban J connectivity index is 1.48. The molecule has 4 rings (SSSR count). The van der Waals surface area contributed by atoms with Gasteiger partial charge in [0, 0.05) is 18.2 Å². The Hall–Kier alpha value is -3.67. The number of carbonyl (C=O) groups is 2. The maximum atomic E-state index is 13.4. The number of ether oxygens (including phenoxy) is 1. The first-order chi connectivity index (χ1) is 16.9. The van der Waals surface area contributed by atoms with Gasteiger partial charge in [-0.05, 0) is 70.7 Å². The lowest BCUT2D eigenvalue weighted by Crippen LogP contribution is -2.39. The molecule has 0 radical (unpaired) electrons. The van der Waals surface area contributed by atoms with Crippen LogP contribution in [0.25, 0.3) is 11.2 Å². The van der Waals surface area contributed by atoms with Gasteiger partial charge in [-0.15, -0.1) is 0 Å². The summed E-state index contributed by atoms with van der Waals surface area (Å²) in [6.45, 7) is 7.14. The zero-order chi connectivity index (χ0) is 26.1. The minimum atomic E-state index is -4.03. The fourth-order valence-corrected chi connectivity index (χ4v) is 5.45. The molecular weight excluding hydrogens is 484 g/mol.